The van der Waals surface area contributed by atoms with Crippen LogP contribution in [0.25, 0.3) is 22.4 Å². The number of nitrogens with two attached hydrogens (primary N) is 1. The van der Waals surface area contributed by atoms with Crippen LogP contribution in [0.1, 0.15) is 5.56 Å². The van der Waals surface area contributed by atoms with Crippen molar-refractivity contribution in [3.63, 3.8) is 0 Å². The summed E-state index contributed by atoms with van der Waals surface area (Å²) < 4.78 is 7.66. The minimum atomic E-state index is 0.641. The van der Waals surface area contributed by atoms with Gasteiger partial charge in [0, 0.05) is 7.05 Å². The van der Waals surface area contributed by atoms with E-state index >= 15 is 0 Å². The molecule has 0 aliphatic rings. The lowest BCUT2D eigenvalue weighted by atomic mass is 9.98. The molecule has 3 rings (SSSR count). The van der Waals surface area contributed by atoms with E-state index in [9.17, 15) is 0 Å². The Bertz CT molecular complexity index is 773. The molecule has 0 saturated heterocycles. The smallest absolute Gasteiger partial charge is 0.178 e. The summed E-state index contributed by atoms with van der Waals surface area (Å²) in [5.41, 5.74) is 11.1. The van der Waals surface area contributed by atoms with Crippen LogP contribution in [-0.2, 0) is 7.05 Å². The summed E-state index contributed by atoms with van der Waals surface area (Å²) in [7, 11) is 1.84. The van der Waals surface area contributed by atoms with E-state index in [0.717, 1.165) is 27.9 Å². The van der Waals surface area contributed by atoms with Crippen molar-refractivity contribution in [1.29, 1.82) is 0 Å². The van der Waals surface area contributed by atoms with E-state index < -0.39 is 0 Å². The predicted octanol–water partition coefficient (Wildman–Crippen LogP) is 4.00. The van der Waals surface area contributed by atoms with Crippen molar-refractivity contribution < 1.29 is 4.42 Å². The highest BCUT2D eigenvalue weighted by atomic mass is 79.9. The summed E-state index contributed by atoms with van der Waals surface area (Å²) >= 11 is 3.41. The minimum absolute atomic E-state index is 0.641. The number of hydrogen-bond donors (Lipinski definition) is 1. The molecule has 3 aromatic rings. The van der Waals surface area contributed by atoms with E-state index in [1.54, 1.807) is 10.9 Å². The monoisotopic (exact) mass is 331 g/mol. The molecule has 0 saturated carbocycles. The zero-order chi connectivity index (χ0) is 14.3. The quantitative estimate of drug-likeness (QED) is 0.772. The van der Waals surface area contributed by atoms with Crippen molar-refractivity contribution in [3.05, 3.63) is 46.8 Å². The average molecular weight is 332 g/mol. The van der Waals surface area contributed by atoms with Crippen LogP contribution >= 0.6 is 15.9 Å². The molecule has 0 unspecified atom stereocenters. The number of nitrogens with zero attached hydrogens (tertiary/aromatic N) is 2. The van der Waals surface area contributed by atoms with E-state index in [1.165, 1.54) is 0 Å². The van der Waals surface area contributed by atoms with Crippen LogP contribution in [0.5, 0.6) is 0 Å². The number of nitrogen functional groups attached to an aromatic ring is 1. The Balaban J connectivity index is 2.31. The molecule has 0 aliphatic carbocycles. The normalized spacial score (nSPS) is 10.9. The van der Waals surface area contributed by atoms with Crippen molar-refractivity contribution in [2.75, 3.05) is 5.73 Å². The van der Waals surface area contributed by atoms with Crippen LogP contribution in [0, 0.1) is 6.92 Å². The summed E-state index contributed by atoms with van der Waals surface area (Å²) in [5, 5.41) is 4.53. The molecule has 102 valence electrons. The highest BCUT2D eigenvalue weighted by molar-refractivity contribution is 9.10. The Morgan fingerprint density at radius 2 is 1.95 bits per heavy atom. The molecule has 2 aromatic heterocycles. The maximum absolute atomic E-state index is 6.22. The van der Waals surface area contributed by atoms with E-state index in [-0.39, 0.29) is 0 Å². The Morgan fingerprint density at radius 3 is 2.60 bits per heavy atom. The Kier molecular flexibility index (Phi) is 3.14. The van der Waals surface area contributed by atoms with Gasteiger partial charge in [-0.2, -0.15) is 5.10 Å². The standard InChI is InChI=1S/C15H14BrN3O/c1-9-5-3-4-6-10(9)12-13(18-19(2)15(12)17)11-7-8-20-14(11)16/h3-8H,17H2,1-2H3. The van der Waals surface area contributed by atoms with Crippen molar-refractivity contribution >= 4 is 21.7 Å². The van der Waals surface area contributed by atoms with Crippen LogP contribution in [0.2, 0.25) is 0 Å². The van der Waals surface area contributed by atoms with E-state index in [2.05, 4.69) is 40.1 Å². The molecule has 0 bridgehead atoms. The van der Waals surface area contributed by atoms with Crippen LogP contribution in [-0.4, -0.2) is 9.78 Å². The first kappa shape index (κ1) is 13.0. The molecule has 0 amide bonds. The Labute approximate surface area is 125 Å². The maximum Gasteiger partial charge on any atom is 0.178 e. The number of halogens is 1. The first-order chi connectivity index (χ1) is 9.59. The van der Waals surface area contributed by atoms with Gasteiger partial charge in [-0.1, -0.05) is 24.3 Å². The molecule has 0 fully saturated rings. The zero-order valence-corrected chi connectivity index (χ0v) is 12.8. The third-order valence-electron chi connectivity index (χ3n) is 3.38. The van der Waals surface area contributed by atoms with Gasteiger partial charge in [0.2, 0.25) is 0 Å². The molecule has 2 N–H and O–H groups in total. The van der Waals surface area contributed by atoms with Crippen molar-refractivity contribution in [3.8, 4) is 22.4 Å². The van der Waals surface area contributed by atoms with Gasteiger partial charge >= 0.3 is 0 Å². The van der Waals surface area contributed by atoms with Gasteiger partial charge in [0.05, 0.1) is 17.4 Å². The van der Waals surface area contributed by atoms with Crippen LogP contribution in [0.4, 0.5) is 5.82 Å². The van der Waals surface area contributed by atoms with Gasteiger partial charge in [-0.3, -0.25) is 4.68 Å². The summed E-state index contributed by atoms with van der Waals surface area (Å²) in [5.74, 6) is 0.641. The predicted molar refractivity (Wildman–Crippen MR) is 83.2 cm³/mol. The number of hydrogen-bond acceptors (Lipinski definition) is 3. The summed E-state index contributed by atoms with van der Waals surface area (Å²) in [6.45, 7) is 2.07. The average Bonchev–Trinajstić information content (AvgIpc) is 2.96. The van der Waals surface area contributed by atoms with Gasteiger partial charge < -0.3 is 10.2 Å². The fourth-order valence-corrected chi connectivity index (χ4v) is 2.74. The highest BCUT2D eigenvalue weighted by Crippen LogP contribution is 2.40. The number of aryl methyl sites for hydroxylation is 2. The van der Waals surface area contributed by atoms with Crippen molar-refractivity contribution in [2.24, 2.45) is 7.05 Å². The molecule has 20 heavy (non-hydrogen) atoms. The molecule has 2 heterocycles. The second kappa shape index (κ2) is 4.83. The Morgan fingerprint density at radius 1 is 1.20 bits per heavy atom. The lowest BCUT2D eigenvalue weighted by Crippen LogP contribution is -1.98. The van der Waals surface area contributed by atoms with E-state index in [4.69, 9.17) is 10.2 Å². The summed E-state index contributed by atoms with van der Waals surface area (Å²) in [6.07, 6.45) is 1.63. The largest absolute Gasteiger partial charge is 0.457 e. The highest BCUT2D eigenvalue weighted by Gasteiger charge is 2.21. The van der Waals surface area contributed by atoms with E-state index in [0.29, 0.717) is 10.5 Å². The molecule has 0 aliphatic heterocycles. The van der Waals surface area contributed by atoms with Gasteiger partial charge in [0.1, 0.15) is 11.5 Å². The molecular weight excluding hydrogens is 318 g/mol. The number of rotatable bonds is 2. The second-order valence-corrected chi connectivity index (χ2v) is 5.38. The van der Waals surface area contributed by atoms with Crippen LogP contribution < -0.4 is 5.73 Å². The summed E-state index contributed by atoms with van der Waals surface area (Å²) in [4.78, 5) is 0. The third-order valence-corrected chi connectivity index (χ3v) is 3.99. The zero-order valence-electron chi connectivity index (χ0n) is 11.2. The number of benzene rings is 1. The number of anilines is 1. The van der Waals surface area contributed by atoms with Gasteiger partial charge in [0.25, 0.3) is 0 Å². The molecule has 0 spiro atoms. The topological polar surface area (TPSA) is 57.0 Å². The number of aromatic nitrogens is 2. The molecule has 4 nitrogen and oxygen atoms in total. The third kappa shape index (κ3) is 1.94. The van der Waals surface area contributed by atoms with Crippen LogP contribution in [0.3, 0.4) is 0 Å². The Hall–Kier alpha value is -2.01. The van der Waals surface area contributed by atoms with E-state index in [1.807, 2.05) is 25.2 Å². The minimum Gasteiger partial charge on any atom is -0.457 e. The lowest BCUT2D eigenvalue weighted by Gasteiger charge is -2.07. The van der Waals surface area contributed by atoms with Crippen molar-refractivity contribution in [2.45, 2.75) is 6.92 Å². The molecule has 0 radical (unpaired) electrons. The lowest BCUT2D eigenvalue weighted by molar-refractivity contribution is 0.542. The first-order valence-electron chi connectivity index (χ1n) is 6.21. The van der Waals surface area contributed by atoms with Crippen molar-refractivity contribution in [1.82, 2.24) is 9.78 Å². The maximum atomic E-state index is 6.22. The van der Waals surface area contributed by atoms with Gasteiger partial charge in [0.15, 0.2) is 4.67 Å². The van der Waals surface area contributed by atoms with Gasteiger partial charge in [-0.15, -0.1) is 0 Å². The molecule has 5 heteroatoms. The second-order valence-electron chi connectivity index (χ2n) is 4.66. The molecule has 1 aromatic carbocycles. The fourth-order valence-electron chi connectivity index (χ4n) is 2.31. The summed E-state index contributed by atoms with van der Waals surface area (Å²) in [6, 6.07) is 10.0. The van der Waals surface area contributed by atoms with Gasteiger partial charge in [-0.05, 0) is 40.0 Å². The fraction of sp³-hybridized carbons (Fsp3) is 0.133. The van der Waals surface area contributed by atoms with Gasteiger partial charge in [-0.25, -0.2) is 0 Å². The SMILES string of the molecule is Cc1ccccc1-c1c(-c2ccoc2Br)nn(C)c1N. The number of furan rings is 1. The molecule has 0 atom stereocenters. The molecular formula is C15H14BrN3O. The van der Waals surface area contributed by atoms with Crippen LogP contribution in [0.15, 0.2) is 45.7 Å². The first-order valence-corrected chi connectivity index (χ1v) is 7.00.